The molecule has 0 fully saturated rings. The fraction of sp³-hybridized carbons (Fsp3) is 0.931. The number of nitrogens with one attached hydrogen (secondary N) is 1. The molecule has 0 aromatic heterocycles. The van der Waals surface area contributed by atoms with Crippen LogP contribution in [0.2, 0.25) is 0 Å². The zero-order valence-corrected chi connectivity index (χ0v) is 43.3. The number of aliphatic hydroxyl groups excluding tert-OH is 2. The van der Waals surface area contributed by atoms with Crippen LogP contribution in [0.4, 0.5) is 0 Å². The van der Waals surface area contributed by atoms with E-state index in [4.69, 9.17) is 4.74 Å². The van der Waals surface area contributed by atoms with Crippen LogP contribution in [0.3, 0.4) is 0 Å². The molecule has 380 valence electrons. The van der Waals surface area contributed by atoms with Gasteiger partial charge in [-0.25, -0.2) is 0 Å². The summed E-state index contributed by atoms with van der Waals surface area (Å²) in [5, 5.41) is 23.3. The zero-order valence-electron chi connectivity index (χ0n) is 43.3. The Hall–Kier alpha value is -1.40. The largest absolute Gasteiger partial charge is 0.466 e. The average molecular weight is 905 g/mol. The quantitative estimate of drug-likeness (QED) is 0.0321. The first kappa shape index (κ1) is 62.6. The lowest BCUT2D eigenvalue weighted by Crippen LogP contribution is -2.45. The molecule has 0 aliphatic heterocycles. The molecule has 2 unspecified atom stereocenters. The van der Waals surface area contributed by atoms with Crippen molar-refractivity contribution >= 4 is 11.9 Å². The number of aliphatic hydroxyl groups is 2. The van der Waals surface area contributed by atoms with Crippen LogP contribution in [0.15, 0.2) is 12.2 Å². The van der Waals surface area contributed by atoms with Crippen molar-refractivity contribution in [3.63, 3.8) is 0 Å². The van der Waals surface area contributed by atoms with Gasteiger partial charge in [-0.15, -0.1) is 0 Å². The van der Waals surface area contributed by atoms with Gasteiger partial charge in [0.05, 0.1) is 25.4 Å². The van der Waals surface area contributed by atoms with Crippen molar-refractivity contribution in [3.8, 4) is 0 Å². The van der Waals surface area contributed by atoms with Crippen molar-refractivity contribution in [2.45, 2.75) is 334 Å². The molecular formula is C58H113NO5. The number of hydrogen-bond donors (Lipinski definition) is 3. The van der Waals surface area contributed by atoms with E-state index in [-0.39, 0.29) is 18.5 Å². The molecule has 0 spiro atoms. The van der Waals surface area contributed by atoms with E-state index in [1.807, 2.05) is 0 Å². The molecule has 3 N–H and O–H groups in total. The first-order valence-corrected chi connectivity index (χ1v) is 28.9. The fourth-order valence-corrected chi connectivity index (χ4v) is 9.11. The van der Waals surface area contributed by atoms with Gasteiger partial charge in [-0.1, -0.05) is 270 Å². The first-order valence-electron chi connectivity index (χ1n) is 28.9. The second-order valence-electron chi connectivity index (χ2n) is 20.0. The van der Waals surface area contributed by atoms with Crippen molar-refractivity contribution in [2.75, 3.05) is 13.2 Å². The number of rotatable bonds is 54. The predicted octanol–water partition coefficient (Wildman–Crippen LogP) is 17.7. The van der Waals surface area contributed by atoms with Crippen LogP contribution in [0.25, 0.3) is 0 Å². The maximum atomic E-state index is 12.5. The van der Waals surface area contributed by atoms with Crippen molar-refractivity contribution < 1.29 is 24.5 Å². The third-order valence-corrected chi connectivity index (χ3v) is 13.6. The smallest absolute Gasteiger partial charge is 0.305 e. The van der Waals surface area contributed by atoms with Crippen LogP contribution in [-0.4, -0.2) is 47.4 Å². The molecule has 0 aliphatic rings. The lowest BCUT2D eigenvalue weighted by Gasteiger charge is -2.22. The molecule has 0 radical (unpaired) electrons. The number of amides is 1. The topological polar surface area (TPSA) is 95.9 Å². The standard InChI is InChI=1S/C58H113NO5/c1-3-5-7-9-11-13-15-17-18-19-20-21-22-23-24-25-26-27-28-30-34-38-42-46-50-56(61)55(54-60)59-57(62)51-47-43-39-35-31-29-33-37-41-45-49-53-64-58(63)52-48-44-40-36-32-16-14-12-10-8-6-4-2/h12,14,55-56,60-61H,3-11,13,15-54H2,1-2H3,(H,59,62)/b14-12-. The molecule has 0 rings (SSSR count). The highest BCUT2D eigenvalue weighted by Crippen LogP contribution is 2.18. The molecule has 1 amide bonds. The molecule has 0 heterocycles. The molecular weight excluding hydrogens is 791 g/mol. The van der Waals surface area contributed by atoms with Gasteiger partial charge in [0, 0.05) is 12.8 Å². The number of allylic oxidation sites excluding steroid dienone is 2. The third-order valence-electron chi connectivity index (χ3n) is 13.6. The monoisotopic (exact) mass is 904 g/mol. The minimum atomic E-state index is -0.677. The Bertz CT molecular complexity index is 955. The summed E-state index contributed by atoms with van der Waals surface area (Å²) in [4.78, 5) is 24.5. The van der Waals surface area contributed by atoms with E-state index in [0.29, 0.717) is 25.9 Å². The van der Waals surface area contributed by atoms with E-state index < -0.39 is 12.1 Å². The second-order valence-corrected chi connectivity index (χ2v) is 20.0. The predicted molar refractivity (Wildman–Crippen MR) is 278 cm³/mol. The van der Waals surface area contributed by atoms with E-state index in [9.17, 15) is 19.8 Å². The molecule has 0 bridgehead atoms. The van der Waals surface area contributed by atoms with Gasteiger partial charge in [-0.2, -0.15) is 0 Å². The number of carbonyl (C=O) groups excluding carboxylic acids is 2. The van der Waals surface area contributed by atoms with Crippen molar-refractivity contribution in [1.29, 1.82) is 0 Å². The van der Waals surface area contributed by atoms with Gasteiger partial charge < -0.3 is 20.3 Å². The molecule has 0 saturated heterocycles. The maximum Gasteiger partial charge on any atom is 0.305 e. The summed E-state index contributed by atoms with van der Waals surface area (Å²) in [5.74, 6) is -0.0732. The number of ether oxygens (including phenoxy) is 1. The molecule has 0 aromatic rings. The van der Waals surface area contributed by atoms with Gasteiger partial charge in [-0.05, 0) is 51.4 Å². The normalized spacial score (nSPS) is 12.6. The second kappa shape index (κ2) is 54.2. The van der Waals surface area contributed by atoms with Crippen LogP contribution < -0.4 is 5.32 Å². The highest BCUT2D eigenvalue weighted by molar-refractivity contribution is 5.76. The van der Waals surface area contributed by atoms with E-state index in [0.717, 1.165) is 57.8 Å². The molecule has 2 atom stereocenters. The molecule has 0 aromatic carbocycles. The Labute approximate surface area is 399 Å². The molecule has 64 heavy (non-hydrogen) atoms. The highest BCUT2D eigenvalue weighted by Gasteiger charge is 2.20. The minimum absolute atomic E-state index is 0.0225. The van der Waals surface area contributed by atoms with E-state index in [1.165, 1.54) is 231 Å². The van der Waals surface area contributed by atoms with E-state index in [2.05, 4.69) is 31.3 Å². The van der Waals surface area contributed by atoms with Gasteiger partial charge in [0.2, 0.25) is 5.91 Å². The van der Waals surface area contributed by atoms with Gasteiger partial charge in [-0.3, -0.25) is 9.59 Å². The van der Waals surface area contributed by atoms with Crippen molar-refractivity contribution in [3.05, 3.63) is 12.2 Å². The Kier molecular flexibility index (Phi) is 53.0. The lowest BCUT2D eigenvalue weighted by molar-refractivity contribution is -0.143. The Morgan fingerprint density at radius 1 is 0.422 bits per heavy atom. The highest BCUT2D eigenvalue weighted by atomic mass is 16.5. The number of hydrogen-bond acceptors (Lipinski definition) is 5. The summed E-state index contributed by atoms with van der Waals surface area (Å²) in [7, 11) is 0. The lowest BCUT2D eigenvalue weighted by atomic mass is 10.0. The number of esters is 1. The van der Waals surface area contributed by atoms with Gasteiger partial charge in [0.15, 0.2) is 0 Å². The summed E-state index contributed by atoms with van der Waals surface area (Å²) in [6.45, 7) is 4.91. The number of carbonyl (C=O) groups is 2. The molecule has 0 saturated carbocycles. The zero-order chi connectivity index (χ0) is 46.5. The molecule has 0 aliphatic carbocycles. The fourth-order valence-electron chi connectivity index (χ4n) is 9.11. The minimum Gasteiger partial charge on any atom is -0.466 e. The van der Waals surface area contributed by atoms with E-state index >= 15 is 0 Å². The SMILES string of the molecule is CCCCC/C=C\CCCCCCCC(=O)OCCCCCCCCCCCCCC(=O)NC(CO)C(O)CCCCCCCCCCCCCCCCCCCCCCCCCC. The molecule has 6 nitrogen and oxygen atoms in total. The van der Waals surface area contributed by atoms with Crippen molar-refractivity contribution in [1.82, 2.24) is 5.32 Å². The maximum absolute atomic E-state index is 12.5. The molecule has 6 heteroatoms. The first-order chi connectivity index (χ1) is 31.5. The van der Waals surface area contributed by atoms with Crippen LogP contribution in [0.1, 0.15) is 322 Å². The Morgan fingerprint density at radius 3 is 1.14 bits per heavy atom. The van der Waals surface area contributed by atoms with Crippen LogP contribution in [0, 0.1) is 0 Å². The Balaban J connectivity index is 3.45. The van der Waals surface area contributed by atoms with Crippen molar-refractivity contribution in [2.24, 2.45) is 0 Å². The number of unbranched alkanes of at least 4 members (excludes halogenated alkanes) is 41. The van der Waals surface area contributed by atoms with Gasteiger partial charge >= 0.3 is 5.97 Å². The summed E-state index contributed by atoms with van der Waals surface area (Å²) >= 11 is 0. The average Bonchev–Trinajstić information content (AvgIpc) is 3.29. The summed E-state index contributed by atoms with van der Waals surface area (Å²) in [5.41, 5.74) is 0. The van der Waals surface area contributed by atoms with E-state index in [1.54, 1.807) is 0 Å². The van der Waals surface area contributed by atoms with Gasteiger partial charge in [0.1, 0.15) is 0 Å². The third kappa shape index (κ3) is 50.0. The van der Waals surface area contributed by atoms with Crippen LogP contribution in [-0.2, 0) is 14.3 Å². The Morgan fingerprint density at radius 2 is 0.734 bits per heavy atom. The van der Waals surface area contributed by atoms with Crippen LogP contribution in [0.5, 0.6) is 0 Å². The summed E-state index contributed by atoms with van der Waals surface area (Å²) < 4.78 is 5.45. The summed E-state index contributed by atoms with van der Waals surface area (Å²) in [6, 6.07) is -0.556. The summed E-state index contributed by atoms with van der Waals surface area (Å²) in [6.07, 6.45) is 63.4. The van der Waals surface area contributed by atoms with Crippen LogP contribution >= 0.6 is 0 Å². The van der Waals surface area contributed by atoms with Gasteiger partial charge in [0.25, 0.3) is 0 Å².